The molecule has 0 aliphatic carbocycles. The first-order valence-electron chi connectivity index (χ1n) is 6.04. The lowest BCUT2D eigenvalue weighted by atomic mass is 10.1. The first kappa shape index (κ1) is 14.9. The molecule has 1 amide bonds. The molecule has 0 aliphatic rings. The van der Waals surface area contributed by atoms with Gasteiger partial charge in [0.2, 0.25) is 5.91 Å². The Morgan fingerprint density at radius 3 is 2.37 bits per heavy atom. The summed E-state index contributed by atoms with van der Waals surface area (Å²) in [7, 11) is 0. The van der Waals surface area contributed by atoms with E-state index in [4.69, 9.17) is 5.11 Å². The summed E-state index contributed by atoms with van der Waals surface area (Å²) in [5.74, 6) is -1.58. The van der Waals surface area contributed by atoms with E-state index in [1.807, 2.05) is 18.2 Å². The number of carboxylic acid groups (broad SMARTS) is 1. The molecule has 1 atom stereocenters. The Labute approximate surface area is 111 Å². The average Bonchev–Trinajstić information content (AvgIpc) is 2.35. The van der Waals surface area contributed by atoms with E-state index in [-0.39, 0.29) is 31.0 Å². The van der Waals surface area contributed by atoms with Crippen molar-refractivity contribution in [1.29, 1.82) is 0 Å². The van der Waals surface area contributed by atoms with Crippen molar-refractivity contribution in [2.24, 2.45) is 0 Å². The Hall–Kier alpha value is -2.17. The van der Waals surface area contributed by atoms with Crippen molar-refractivity contribution in [3.8, 4) is 0 Å². The first-order valence-corrected chi connectivity index (χ1v) is 6.04. The molecule has 2 N–H and O–H groups in total. The van der Waals surface area contributed by atoms with Crippen LogP contribution in [0.2, 0.25) is 0 Å². The largest absolute Gasteiger partial charge is 0.480 e. The Bertz CT molecular complexity index is 456. The fraction of sp³-hybridized carbons (Fsp3) is 0.357. The van der Waals surface area contributed by atoms with E-state index in [2.05, 4.69) is 5.32 Å². The molecule has 0 bridgehead atoms. The smallest absolute Gasteiger partial charge is 0.326 e. The number of aliphatic carboxylic acids is 1. The number of carbonyl (C=O) groups excluding carboxylic acids is 2. The third kappa shape index (κ3) is 5.81. The van der Waals surface area contributed by atoms with Crippen molar-refractivity contribution in [3.63, 3.8) is 0 Å². The summed E-state index contributed by atoms with van der Waals surface area (Å²) < 4.78 is 0. The SMILES string of the molecule is CC(=O)CCC(NC(=O)Cc1ccccc1)C(=O)O. The number of hydrogen-bond donors (Lipinski definition) is 2. The van der Waals surface area contributed by atoms with Gasteiger partial charge in [-0.2, -0.15) is 0 Å². The van der Waals surface area contributed by atoms with Crippen molar-refractivity contribution in [1.82, 2.24) is 5.32 Å². The number of Topliss-reactive ketones (excluding diaryl/α,β-unsaturated/α-hetero) is 1. The summed E-state index contributed by atoms with van der Waals surface area (Å²) in [6.45, 7) is 1.39. The second-order valence-electron chi connectivity index (χ2n) is 4.36. The van der Waals surface area contributed by atoms with Gasteiger partial charge in [-0.25, -0.2) is 4.79 Å². The highest BCUT2D eigenvalue weighted by Gasteiger charge is 2.20. The number of carbonyl (C=O) groups is 3. The quantitative estimate of drug-likeness (QED) is 0.773. The van der Waals surface area contributed by atoms with Gasteiger partial charge in [-0.15, -0.1) is 0 Å². The van der Waals surface area contributed by atoms with Gasteiger partial charge in [0.25, 0.3) is 0 Å². The summed E-state index contributed by atoms with van der Waals surface area (Å²) in [5.41, 5.74) is 0.815. The molecular formula is C14H17NO4. The molecule has 102 valence electrons. The van der Waals surface area contributed by atoms with Crippen LogP contribution in [0.25, 0.3) is 0 Å². The lowest BCUT2D eigenvalue weighted by Crippen LogP contribution is -2.41. The molecule has 1 aromatic carbocycles. The van der Waals surface area contributed by atoms with Crippen molar-refractivity contribution in [3.05, 3.63) is 35.9 Å². The second-order valence-corrected chi connectivity index (χ2v) is 4.36. The van der Waals surface area contributed by atoms with Gasteiger partial charge in [-0.1, -0.05) is 30.3 Å². The highest BCUT2D eigenvalue weighted by molar-refractivity contribution is 5.85. The highest BCUT2D eigenvalue weighted by Crippen LogP contribution is 2.02. The maximum Gasteiger partial charge on any atom is 0.326 e. The van der Waals surface area contributed by atoms with Gasteiger partial charge >= 0.3 is 5.97 Å². The molecule has 0 heterocycles. The summed E-state index contributed by atoms with van der Waals surface area (Å²) in [6, 6.07) is 8.05. The fourth-order valence-corrected chi connectivity index (χ4v) is 1.63. The minimum absolute atomic E-state index is 0.0939. The highest BCUT2D eigenvalue weighted by atomic mass is 16.4. The maximum absolute atomic E-state index is 11.7. The zero-order valence-corrected chi connectivity index (χ0v) is 10.8. The van der Waals surface area contributed by atoms with E-state index in [9.17, 15) is 14.4 Å². The number of amides is 1. The van der Waals surface area contributed by atoms with Gasteiger partial charge in [0.1, 0.15) is 11.8 Å². The summed E-state index contributed by atoms with van der Waals surface area (Å²) in [4.78, 5) is 33.5. The Morgan fingerprint density at radius 1 is 1.21 bits per heavy atom. The molecule has 0 saturated heterocycles. The molecule has 0 saturated carbocycles. The molecule has 5 nitrogen and oxygen atoms in total. The number of hydrogen-bond acceptors (Lipinski definition) is 3. The van der Waals surface area contributed by atoms with Crippen LogP contribution in [0.15, 0.2) is 30.3 Å². The van der Waals surface area contributed by atoms with Gasteiger partial charge in [0.15, 0.2) is 0 Å². The zero-order valence-electron chi connectivity index (χ0n) is 10.8. The third-order valence-corrected chi connectivity index (χ3v) is 2.63. The molecule has 0 fully saturated rings. The third-order valence-electron chi connectivity index (χ3n) is 2.63. The van der Waals surface area contributed by atoms with Crippen LogP contribution in [0.4, 0.5) is 0 Å². The lowest BCUT2D eigenvalue weighted by Gasteiger charge is -2.13. The number of ketones is 1. The van der Waals surface area contributed by atoms with Crippen molar-refractivity contribution in [2.45, 2.75) is 32.2 Å². The molecule has 1 aromatic rings. The molecule has 19 heavy (non-hydrogen) atoms. The van der Waals surface area contributed by atoms with Gasteiger partial charge in [-0.05, 0) is 18.9 Å². The van der Waals surface area contributed by atoms with Crippen molar-refractivity contribution in [2.75, 3.05) is 0 Å². The molecule has 5 heteroatoms. The fourth-order valence-electron chi connectivity index (χ4n) is 1.63. The molecular weight excluding hydrogens is 246 g/mol. The topological polar surface area (TPSA) is 83.5 Å². The van der Waals surface area contributed by atoms with Crippen LogP contribution in [-0.4, -0.2) is 28.8 Å². The van der Waals surface area contributed by atoms with E-state index in [1.54, 1.807) is 12.1 Å². The monoisotopic (exact) mass is 263 g/mol. The minimum atomic E-state index is -1.12. The van der Waals surface area contributed by atoms with E-state index < -0.39 is 12.0 Å². The van der Waals surface area contributed by atoms with Crippen LogP contribution in [0.1, 0.15) is 25.3 Å². The van der Waals surface area contributed by atoms with E-state index >= 15 is 0 Å². The average molecular weight is 263 g/mol. The number of carboxylic acids is 1. The Kier molecular flexibility index (Phi) is 5.73. The van der Waals surface area contributed by atoms with Crippen LogP contribution in [0, 0.1) is 0 Å². The van der Waals surface area contributed by atoms with Crippen molar-refractivity contribution < 1.29 is 19.5 Å². The number of rotatable bonds is 7. The summed E-state index contributed by atoms with van der Waals surface area (Å²) >= 11 is 0. The van der Waals surface area contributed by atoms with Gasteiger partial charge in [0, 0.05) is 6.42 Å². The number of benzene rings is 1. The summed E-state index contributed by atoms with van der Waals surface area (Å²) in [5, 5.41) is 11.4. The first-order chi connectivity index (χ1) is 8.99. The van der Waals surface area contributed by atoms with Crippen molar-refractivity contribution >= 4 is 17.7 Å². The summed E-state index contributed by atoms with van der Waals surface area (Å²) in [6.07, 6.45) is 0.387. The molecule has 1 rings (SSSR count). The second kappa shape index (κ2) is 7.31. The van der Waals surface area contributed by atoms with E-state index in [0.29, 0.717) is 0 Å². The predicted molar refractivity (Wildman–Crippen MR) is 69.6 cm³/mol. The lowest BCUT2D eigenvalue weighted by molar-refractivity contribution is -0.142. The molecule has 0 aliphatic heterocycles. The minimum Gasteiger partial charge on any atom is -0.480 e. The number of nitrogens with one attached hydrogen (secondary N) is 1. The zero-order chi connectivity index (χ0) is 14.3. The van der Waals surface area contributed by atoms with E-state index in [1.165, 1.54) is 6.92 Å². The van der Waals surface area contributed by atoms with Crippen LogP contribution in [0.5, 0.6) is 0 Å². The predicted octanol–water partition coefficient (Wildman–Crippen LogP) is 1.17. The van der Waals surface area contributed by atoms with Crippen LogP contribution in [-0.2, 0) is 20.8 Å². The maximum atomic E-state index is 11.7. The van der Waals surface area contributed by atoms with Crippen LogP contribution >= 0.6 is 0 Å². The molecule has 0 radical (unpaired) electrons. The molecule has 0 aromatic heterocycles. The standard InChI is InChI=1S/C14H17NO4/c1-10(16)7-8-12(14(18)19)15-13(17)9-11-5-3-2-4-6-11/h2-6,12H,7-9H2,1H3,(H,15,17)(H,18,19). The van der Waals surface area contributed by atoms with Crippen LogP contribution in [0.3, 0.4) is 0 Å². The Balaban J connectivity index is 2.52. The van der Waals surface area contributed by atoms with Crippen LogP contribution < -0.4 is 5.32 Å². The normalized spacial score (nSPS) is 11.6. The molecule has 1 unspecified atom stereocenters. The van der Waals surface area contributed by atoms with Gasteiger partial charge in [-0.3, -0.25) is 4.79 Å². The van der Waals surface area contributed by atoms with E-state index in [0.717, 1.165) is 5.56 Å². The Morgan fingerprint density at radius 2 is 1.84 bits per heavy atom. The van der Waals surface area contributed by atoms with Gasteiger partial charge in [0.05, 0.1) is 6.42 Å². The van der Waals surface area contributed by atoms with Gasteiger partial charge < -0.3 is 15.2 Å². The molecule has 0 spiro atoms.